The van der Waals surface area contributed by atoms with Crippen molar-refractivity contribution < 1.29 is 14.7 Å². The molecule has 0 radical (unpaired) electrons. The third-order valence-corrected chi connectivity index (χ3v) is 3.98. The molecule has 0 saturated carbocycles. The van der Waals surface area contributed by atoms with E-state index in [1.54, 1.807) is 0 Å². The number of hydrogen-bond donors (Lipinski definition) is 2. The maximum absolute atomic E-state index is 11.3. The Labute approximate surface area is 110 Å². The molecule has 6 heteroatoms. The first kappa shape index (κ1) is 14.6. The number of rotatable bonds is 6. The van der Waals surface area contributed by atoms with Crippen LogP contribution in [-0.2, 0) is 0 Å². The summed E-state index contributed by atoms with van der Waals surface area (Å²) in [7, 11) is 0. The molecule has 0 amide bonds. The lowest BCUT2D eigenvalue weighted by molar-refractivity contribution is 0.0687. The van der Waals surface area contributed by atoms with Gasteiger partial charge in [0.05, 0.1) is 0 Å². The van der Waals surface area contributed by atoms with Crippen molar-refractivity contribution in [3.63, 3.8) is 0 Å². The topological polar surface area (TPSA) is 79.3 Å². The van der Waals surface area contributed by atoms with Crippen molar-refractivity contribution in [3.8, 4) is 0 Å². The number of aromatic nitrogens is 1. The van der Waals surface area contributed by atoms with Crippen LogP contribution in [-0.4, -0.2) is 28.4 Å². The predicted molar refractivity (Wildman–Crippen MR) is 71.6 cm³/mol. The molecule has 1 unspecified atom stereocenters. The second-order valence-corrected chi connectivity index (χ2v) is 5.66. The van der Waals surface area contributed by atoms with Crippen molar-refractivity contribution in [2.24, 2.45) is 11.8 Å². The second kappa shape index (κ2) is 5.95. The highest BCUT2D eigenvalue weighted by atomic mass is 32.1. The standard InChI is InChI=1S/C12H18N2O3S/c1-6(2)7(3)5-13-12-14-9(11(16)17)10(18-12)8(4)15/h6-7H,5H2,1-4H3,(H,13,14)(H,16,17). The Morgan fingerprint density at radius 1 is 1.39 bits per heavy atom. The lowest BCUT2D eigenvalue weighted by atomic mass is 9.98. The fourth-order valence-corrected chi connectivity index (χ4v) is 2.12. The van der Waals surface area contributed by atoms with Crippen molar-refractivity contribution >= 4 is 28.2 Å². The largest absolute Gasteiger partial charge is 0.476 e. The van der Waals surface area contributed by atoms with Crippen LogP contribution in [0.25, 0.3) is 0 Å². The number of aromatic carboxylic acids is 1. The average molecular weight is 270 g/mol. The van der Waals surface area contributed by atoms with Crippen molar-refractivity contribution in [1.29, 1.82) is 0 Å². The van der Waals surface area contributed by atoms with E-state index in [2.05, 4.69) is 31.1 Å². The van der Waals surface area contributed by atoms with Crippen molar-refractivity contribution in [2.75, 3.05) is 11.9 Å². The Balaban J connectivity index is 2.82. The van der Waals surface area contributed by atoms with E-state index in [0.29, 0.717) is 23.5 Å². The molecular weight excluding hydrogens is 252 g/mol. The molecule has 0 aliphatic carbocycles. The fourth-order valence-electron chi connectivity index (χ4n) is 1.26. The van der Waals surface area contributed by atoms with Crippen LogP contribution in [0.15, 0.2) is 0 Å². The number of anilines is 1. The average Bonchev–Trinajstić information content (AvgIpc) is 2.69. The van der Waals surface area contributed by atoms with E-state index in [9.17, 15) is 9.59 Å². The van der Waals surface area contributed by atoms with Crippen LogP contribution in [0.1, 0.15) is 47.9 Å². The Bertz CT molecular complexity index is 423. The summed E-state index contributed by atoms with van der Waals surface area (Å²) >= 11 is 1.10. The number of nitrogens with one attached hydrogen (secondary N) is 1. The van der Waals surface area contributed by atoms with Gasteiger partial charge in [-0.05, 0) is 11.8 Å². The third kappa shape index (κ3) is 3.53. The molecule has 1 rings (SSSR count). The van der Waals surface area contributed by atoms with E-state index in [4.69, 9.17) is 5.11 Å². The van der Waals surface area contributed by atoms with Crippen LogP contribution in [0, 0.1) is 11.8 Å². The Morgan fingerprint density at radius 3 is 2.39 bits per heavy atom. The number of Topliss-reactive ketones (excluding diaryl/α,β-unsaturated/α-hetero) is 1. The normalized spacial score (nSPS) is 12.5. The summed E-state index contributed by atoms with van der Waals surface area (Å²) in [6.45, 7) is 8.41. The molecule has 0 aromatic carbocycles. The van der Waals surface area contributed by atoms with Gasteiger partial charge >= 0.3 is 5.97 Å². The van der Waals surface area contributed by atoms with Gasteiger partial charge in [0.2, 0.25) is 0 Å². The Hall–Kier alpha value is -1.43. The monoisotopic (exact) mass is 270 g/mol. The number of carboxylic acids is 1. The molecule has 0 spiro atoms. The number of carbonyl (C=O) groups excluding carboxylic acids is 1. The Kier molecular flexibility index (Phi) is 4.84. The number of carbonyl (C=O) groups is 2. The van der Waals surface area contributed by atoms with E-state index in [1.165, 1.54) is 6.92 Å². The van der Waals surface area contributed by atoms with Crippen molar-refractivity contribution in [3.05, 3.63) is 10.6 Å². The number of ketones is 1. The summed E-state index contributed by atoms with van der Waals surface area (Å²) in [6, 6.07) is 0. The van der Waals surface area contributed by atoms with Gasteiger partial charge in [0.15, 0.2) is 16.6 Å². The molecule has 1 aromatic heterocycles. The van der Waals surface area contributed by atoms with Gasteiger partial charge in [-0.2, -0.15) is 0 Å². The van der Waals surface area contributed by atoms with Crippen LogP contribution in [0.5, 0.6) is 0 Å². The van der Waals surface area contributed by atoms with Gasteiger partial charge in [0, 0.05) is 13.5 Å². The summed E-state index contributed by atoms with van der Waals surface area (Å²) in [6.07, 6.45) is 0. The van der Waals surface area contributed by atoms with E-state index in [0.717, 1.165) is 11.3 Å². The van der Waals surface area contributed by atoms with Gasteiger partial charge in [0.1, 0.15) is 4.88 Å². The zero-order chi connectivity index (χ0) is 13.9. The van der Waals surface area contributed by atoms with E-state index in [1.807, 2.05) is 0 Å². The molecular formula is C12H18N2O3S. The lowest BCUT2D eigenvalue weighted by Crippen LogP contribution is -2.16. The predicted octanol–water partition coefficient (Wildman–Crippen LogP) is 2.75. The van der Waals surface area contributed by atoms with Crippen molar-refractivity contribution in [2.45, 2.75) is 27.7 Å². The van der Waals surface area contributed by atoms with Gasteiger partial charge in [-0.15, -0.1) is 0 Å². The molecule has 5 nitrogen and oxygen atoms in total. The van der Waals surface area contributed by atoms with Crippen LogP contribution >= 0.6 is 11.3 Å². The molecule has 1 atom stereocenters. The zero-order valence-corrected chi connectivity index (χ0v) is 11.8. The number of hydrogen-bond acceptors (Lipinski definition) is 5. The maximum atomic E-state index is 11.3. The smallest absolute Gasteiger partial charge is 0.356 e. The summed E-state index contributed by atoms with van der Waals surface area (Å²) in [5.74, 6) is -0.456. The van der Waals surface area contributed by atoms with Crippen LogP contribution in [0.4, 0.5) is 5.13 Å². The first-order chi connectivity index (χ1) is 8.32. The molecule has 0 aliphatic rings. The molecule has 0 bridgehead atoms. The molecule has 0 saturated heterocycles. The fraction of sp³-hybridized carbons (Fsp3) is 0.583. The van der Waals surface area contributed by atoms with Crippen LogP contribution in [0.2, 0.25) is 0 Å². The van der Waals surface area contributed by atoms with Crippen LogP contribution in [0.3, 0.4) is 0 Å². The number of nitrogens with zero attached hydrogens (tertiary/aromatic N) is 1. The Morgan fingerprint density at radius 2 is 2.00 bits per heavy atom. The molecule has 18 heavy (non-hydrogen) atoms. The van der Waals surface area contributed by atoms with Crippen molar-refractivity contribution in [1.82, 2.24) is 4.98 Å². The number of thiazole rings is 1. The third-order valence-electron chi connectivity index (χ3n) is 2.86. The molecule has 1 aromatic rings. The molecule has 2 N–H and O–H groups in total. The van der Waals surface area contributed by atoms with Gasteiger partial charge in [-0.25, -0.2) is 9.78 Å². The number of carboxylic acid groups (broad SMARTS) is 1. The first-order valence-electron chi connectivity index (χ1n) is 5.81. The van der Waals surface area contributed by atoms with E-state index >= 15 is 0 Å². The molecule has 0 aliphatic heterocycles. The summed E-state index contributed by atoms with van der Waals surface area (Å²) in [4.78, 5) is 26.4. The summed E-state index contributed by atoms with van der Waals surface area (Å²) in [5.41, 5.74) is -0.160. The van der Waals surface area contributed by atoms with E-state index < -0.39 is 5.97 Å². The minimum absolute atomic E-state index is 0.160. The zero-order valence-electron chi connectivity index (χ0n) is 11.0. The SMILES string of the molecule is CC(=O)c1sc(NCC(C)C(C)C)nc1C(=O)O. The van der Waals surface area contributed by atoms with Gasteiger partial charge in [0.25, 0.3) is 0 Å². The van der Waals surface area contributed by atoms with Gasteiger partial charge < -0.3 is 10.4 Å². The molecule has 100 valence electrons. The van der Waals surface area contributed by atoms with Gasteiger partial charge in [-0.1, -0.05) is 32.1 Å². The highest BCUT2D eigenvalue weighted by Gasteiger charge is 2.20. The van der Waals surface area contributed by atoms with E-state index in [-0.39, 0.29) is 16.4 Å². The summed E-state index contributed by atoms with van der Waals surface area (Å²) in [5, 5.41) is 12.5. The maximum Gasteiger partial charge on any atom is 0.356 e. The quantitative estimate of drug-likeness (QED) is 0.777. The highest BCUT2D eigenvalue weighted by Crippen LogP contribution is 2.24. The summed E-state index contributed by atoms with van der Waals surface area (Å²) < 4.78 is 0. The van der Waals surface area contributed by atoms with Crippen LogP contribution < -0.4 is 5.32 Å². The van der Waals surface area contributed by atoms with Gasteiger partial charge in [-0.3, -0.25) is 4.79 Å². The first-order valence-corrected chi connectivity index (χ1v) is 6.63. The molecule has 1 heterocycles. The lowest BCUT2D eigenvalue weighted by Gasteiger charge is -2.15. The minimum atomic E-state index is -1.17. The minimum Gasteiger partial charge on any atom is -0.476 e. The highest BCUT2D eigenvalue weighted by molar-refractivity contribution is 7.17. The second-order valence-electron chi connectivity index (χ2n) is 4.66. The molecule has 0 fully saturated rings.